The summed E-state index contributed by atoms with van der Waals surface area (Å²) in [5, 5.41) is 3.62. The second-order valence-electron chi connectivity index (χ2n) is 8.11. The normalized spacial score (nSPS) is 12.4. The number of sulfonamides is 1. The molecule has 0 saturated heterocycles. The standard InChI is InChI=1S/C23H29Cl2N3O4S/c1-15(2)26-23(30)17(4)27(13-18-9-6-7-10-20(18)25)22(29)14-28(33(5,31)32)21-12-8-11-19(24)16(21)3/h6-12,15,17H,13-14H2,1-5H3,(H,26,30)/t17-/m0/s1. The Morgan fingerprint density at radius 1 is 1.00 bits per heavy atom. The molecule has 2 aromatic rings. The maximum Gasteiger partial charge on any atom is 0.244 e. The third kappa shape index (κ3) is 7.09. The average Bonchev–Trinajstić information content (AvgIpc) is 2.71. The number of carbonyl (C=O) groups excluding carboxylic acids is 2. The van der Waals surface area contributed by atoms with Crippen molar-refractivity contribution in [2.24, 2.45) is 0 Å². The molecule has 2 amide bonds. The quantitative estimate of drug-likeness (QED) is 0.548. The number of nitrogens with one attached hydrogen (secondary N) is 1. The van der Waals surface area contributed by atoms with Crippen molar-refractivity contribution in [3.05, 3.63) is 63.6 Å². The Bertz CT molecular complexity index is 1120. The highest BCUT2D eigenvalue weighted by molar-refractivity contribution is 7.92. The summed E-state index contributed by atoms with van der Waals surface area (Å²) < 4.78 is 26.3. The van der Waals surface area contributed by atoms with Gasteiger partial charge in [-0.2, -0.15) is 0 Å². The maximum atomic E-state index is 13.5. The largest absolute Gasteiger partial charge is 0.352 e. The van der Waals surface area contributed by atoms with Gasteiger partial charge in [0.05, 0.1) is 11.9 Å². The average molecular weight is 514 g/mol. The number of benzene rings is 2. The number of rotatable bonds is 9. The molecule has 0 aliphatic heterocycles. The minimum Gasteiger partial charge on any atom is -0.352 e. The highest BCUT2D eigenvalue weighted by Crippen LogP contribution is 2.28. The number of hydrogen-bond acceptors (Lipinski definition) is 4. The van der Waals surface area contributed by atoms with E-state index < -0.39 is 28.5 Å². The fraction of sp³-hybridized carbons (Fsp3) is 0.391. The summed E-state index contributed by atoms with van der Waals surface area (Å²) in [6.45, 7) is 6.46. The molecule has 0 saturated carbocycles. The summed E-state index contributed by atoms with van der Waals surface area (Å²) in [5.41, 5.74) is 1.47. The van der Waals surface area contributed by atoms with Crippen molar-refractivity contribution in [2.75, 3.05) is 17.1 Å². The minimum atomic E-state index is -3.83. The molecule has 180 valence electrons. The first-order chi connectivity index (χ1) is 15.3. The van der Waals surface area contributed by atoms with Crippen LogP contribution in [0.4, 0.5) is 5.69 Å². The van der Waals surface area contributed by atoms with Crippen molar-refractivity contribution >= 4 is 50.7 Å². The molecule has 0 fully saturated rings. The predicted octanol–water partition coefficient (Wildman–Crippen LogP) is 4.01. The number of amides is 2. The molecule has 33 heavy (non-hydrogen) atoms. The summed E-state index contributed by atoms with van der Waals surface area (Å²) in [6, 6.07) is 10.8. The van der Waals surface area contributed by atoms with Crippen LogP contribution in [0.5, 0.6) is 0 Å². The van der Waals surface area contributed by atoms with Gasteiger partial charge >= 0.3 is 0 Å². The van der Waals surface area contributed by atoms with Gasteiger partial charge in [-0.1, -0.05) is 47.5 Å². The van der Waals surface area contributed by atoms with E-state index in [1.807, 2.05) is 13.8 Å². The van der Waals surface area contributed by atoms with Crippen LogP contribution < -0.4 is 9.62 Å². The highest BCUT2D eigenvalue weighted by atomic mass is 35.5. The van der Waals surface area contributed by atoms with Crippen molar-refractivity contribution in [3.63, 3.8) is 0 Å². The molecule has 0 unspecified atom stereocenters. The lowest BCUT2D eigenvalue weighted by Gasteiger charge is -2.32. The van der Waals surface area contributed by atoms with Gasteiger partial charge in [0.15, 0.2) is 0 Å². The van der Waals surface area contributed by atoms with Gasteiger partial charge in [0.2, 0.25) is 21.8 Å². The molecule has 1 N–H and O–H groups in total. The summed E-state index contributed by atoms with van der Waals surface area (Å²) >= 11 is 12.5. The van der Waals surface area contributed by atoms with E-state index in [-0.39, 0.29) is 18.5 Å². The first-order valence-electron chi connectivity index (χ1n) is 10.4. The highest BCUT2D eigenvalue weighted by Gasteiger charge is 2.31. The Balaban J connectivity index is 2.45. The molecule has 0 spiro atoms. The van der Waals surface area contributed by atoms with E-state index in [0.717, 1.165) is 10.6 Å². The Morgan fingerprint density at radius 2 is 1.61 bits per heavy atom. The van der Waals surface area contributed by atoms with Crippen LogP contribution in [0.2, 0.25) is 10.0 Å². The van der Waals surface area contributed by atoms with Crippen molar-refractivity contribution < 1.29 is 18.0 Å². The third-order valence-electron chi connectivity index (χ3n) is 5.08. The van der Waals surface area contributed by atoms with Crippen molar-refractivity contribution in [3.8, 4) is 0 Å². The van der Waals surface area contributed by atoms with Gasteiger partial charge in [-0.05, 0) is 57.0 Å². The number of hydrogen-bond donors (Lipinski definition) is 1. The van der Waals surface area contributed by atoms with Gasteiger partial charge in [-0.25, -0.2) is 8.42 Å². The smallest absolute Gasteiger partial charge is 0.244 e. The number of anilines is 1. The zero-order chi connectivity index (χ0) is 24.9. The van der Waals surface area contributed by atoms with Crippen LogP contribution in [-0.4, -0.2) is 50.0 Å². The van der Waals surface area contributed by atoms with Gasteiger partial charge < -0.3 is 10.2 Å². The summed E-state index contributed by atoms with van der Waals surface area (Å²) in [5.74, 6) is -0.902. The van der Waals surface area contributed by atoms with Gasteiger partial charge in [0.25, 0.3) is 0 Å². The van der Waals surface area contributed by atoms with Crippen molar-refractivity contribution in [1.29, 1.82) is 0 Å². The molecular formula is C23H29Cl2N3O4S. The van der Waals surface area contributed by atoms with E-state index in [4.69, 9.17) is 23.2 Å². The van der Waals surface area contributed by atoms with Gasteiger partial charge in [0, 0.05) is 22.6 Å². The monoisotopic (exact) mass is 513 g/mol. The van der Waals surface area contributed by atoms with E-state index in [9.17, 15) is 18.0 Å². The van der Waals surface area contributed by atoms with E-state index in [0.29, 0.717) is 26.9 Å². The van der Waals surface area contributed by atoms with Gasteiger partial charge in [-0.15, -0.1) is 0 Å². The summed E-state index contributed by atoms with van der Waals surface area (Å²) in [6.07, 6.45) is 1.02. The third-order valence-corrected chi connectivity index (χ3v) is 6.99. The number of nitrogens with zero attached hydrogens (tertiary/aromatic N) is 2. The van der Waals surface area contributed by atoms with Crippen LogP contribution in [0.25, 0.3) is 0 Å². The second kappa shape index (κ2) is 11.2. The Labute approximate surface area is 205 Å². The molecular weight excluding hydrogens is 485 g/mol. The summed E-state index contributed by atoms with van der Waals surface area (Å²) in [7, 11) is -3.83. The van der Waals surface area contributed by atoms with Gasteiger partial charge in [-0.3, -0.25) is 13.9 Å². The van der Waals surface area contributed by atoms with E-state index in [1.165, 1.54) is 4.90 Å². The lowest BCUT2D eigenvalue weighted by Crippen LogP contribution is -2.52. The van der Waals surface area contributed by atoms with E-state index >= 15 is 0 Å². The molecule has 0 aliphatic rings. The lowest BCUT2D eigenvalue weighted by atomic mass is 10.1. The molecule has 2 aromatic carbocycles. The maximum absolute atomic E-state index is 13.5. The predicted molar refractivity (Wildman–Crippen MR) is 133 cm³/mol. The molecule has 0 bridgehead atoms. The molecule has 0 aromatic heterocycles. The fourth-order valence-electron chi connectivity index (χ4n) is 3.26. The van der Waals surface area contributed by atoms with Crippen LogP contribution >= 0.6 is 23.2 Å². The molecule has 2 rings (SSSR count). The van der Waals surface area contributed by atoms with Crippen LogP contribution in [0.15, 0.2) is 42.5 Å². The van der Waals surface area contributed by atoms with E-state index in [2.05, 4.69) is 5.32 Å². The van der Waals surface area contributed by atoms with Crippen molar-refractivity contribution in [2.45, 2.75) is 46.3 Å². The molecule has 7 nitrogen and oxygen atoms in total. The Morgan fingerprint density at radius 3 is 2.18 bits per heavy atom. The second-order valence-corrected chi connectivity index (χ2v) is 10.8. The van der Waals surface area contributed by atoms with E-state index in [1.54, 1.807) is 56.3 Å². The molecule has 10 heteroatoms. The molecule has 1 atom stereocenters. The Hall–Kier alpha value is -2.29. The number of halogens is 2. The zero-order valence-electron chi connectivity index (χ0n) is 19.3. The first-order valence-corrected chi connectivity index (χ1v) is 13.0. The minimum absolute atomic E-state index is 0.0390. The lowest BCUT2D eigenvalue weighted by molar-refractivity contribution is -0.139. The number of carbonyl (C=O) groups is 2. The van der Waals surface area contributed by atoms with Crippen LogP contribution in [0, 0.1) is 6.92 Å². The Kier molecular flexibility index (Phi) is 9.17. The van der Waals surface area contributed by atoms with Crippen LogP contribution in [0.3, 0.4) is 0 Å². The first kappa shape index (κ1) is 27.0. The SMILES string of the molecule is Cc1c(Cl)cccc1N(CC(=O)N(Cc1ccccc1Cl)[C@@H](C)C(=O)NC(C)C)S(C)(=O)=O. The fourth-order valence-corrected chi connectivity index (χ4v) is 4.52. The van der Waals surface area contributed by atoms with Crippen LogP contribution in [-0.2, 0) is 26.2 Å². The molecule has 0 radical (unpaired) electrons. The van der Waals surface area contributed by atoms with Gasteiger partial charge in [0.1, 0.15) is 12.6 Å². The van der Waals surface area contributed by atoms with Crippen LogP contribution in [0.1, 0.15) is 31.9 Å². The topological polar surface area (TPSA) is 86.8 Å². The zero-order valence-corrected chi connectivity index (χ0v) is 21.6. The molecule has 0 aliphatic carbocycles. The molecule has 0 heterocycles. The summed E-state index contributed by atoms with van der Waals surface area (Å²) in [4.78, 5) is 27.5. The van der Waals surface area contributed by atoms with Crippen molar-refractivity contribution in [1.82, 2.24) is 10.2 Å².